The van der Waals surface area contributed by atoms with Crippen LogP contribution in [0.2, 0.25) is 0 Å². The average Bonchev–Trinajstić information content (AvgIpc) is 3.60. The molecule has 224 valence electrons. The van der Waals surface area contributed by atoms with Crippen molar-refractivity contribution in [3.63, 3.8) is 0 Å². The fourth-order valence-corrected chi connectivity index (χ4v) is 4.84. The van der Waals surface area contributed by atoms with E-state index in [9.17, 15) is 9.18 Å². The van der Waals surface area contributed by atoms with Crippen LogP contribution in [0.25, 0.3) is 56.0 Å². The second kappa shape index (κ2) is 11.5. The van der Waals surface area contributed by atoms with Crippen LogP contribution >= 0.6 is 0 Å². The van der Waals surface area contributed by atoms with Crippen LogP contribution in [0.5, 0.6) is 0 Å². The van der Waals surface area contributed by atoms with Crippen LogP contribution < -0.4 is 10.6 Å². The predicted octanol–water partition coefficient (Wildman–Crippen LogP) is 6.33. The summed E-state index contributed by atoms with van der Waals surface area (Å²) >= 11 is 0. The first kappa shape index (κ1) is 28.9. The third kappa shape index (κ3) is 6.00. The van der Waals surface area contributed by atoms with Crippen LogP contribution in [-0.4, -0.2) is 68.1 Å². The SMILES string of the molecule is CN(C)CCNc1cc(F)cc(-c2cccc3[nH]c(-c4n[nH]c5ccc(-c6cncc(NC(=O)C(C)(C)C)c6)nc45)nc23)c1. The Kier molecular flexibility index (Phi) is 7.56. The molecule has 0 bridgehead atoms. The number of nitrogens with one attached hydrogen (secondary N) is 4. The Bertz CT molecular complexity index is 1990. The number of rotatable bonds is 8. The van der Waals surface area contributed by atoms with E-state index < -0.39 is 5.41 Å². The third-order valence-corrected chi connectivity index (χ3v) is 7.21. The van der Waals surface area contributed by atoms with Crippen molar-refractivity contribution in [2.45, 2.75) is 20.8 Å². The van der Waals surface area contributed by atoms with Gasteiger partial charge in [-0.2, -0.15) is 5.10 Å². The highest BCUT2D eigenvalue weighted by atomic mass is 19.1. The molecule has 4 aromatic heterocycles. The molecular weight excluding hydrogens is 557 g/mol. The summed E-state index contributed by atoms with van der Waals surface area (Å²) in [5.41, 5.74) is 7.13. The molecule has 6 aromatic rings. The number of halogens is 1. The van der Waals surface area contributed by atoms with E-state index in [4.69, 9.17) is 9.97 Å². The molecule has 0 saturated heterocycles. The maximum Gasteiger partial charge on any atom is 0.229 e. The molecule has 44 heavy (non-hydrogen) atoms. The topological polar surface area (TPSA) is 128 Å². The highest BCUT2D eigenvalue weighted by Gasteiger charge is 2.22. The van der Waals surface area contributed by atoms with Crippen LogP contribution in [0, 0.1) is 11.2 Å². The Morgan fingerprint density at radius 1 is 0.932 bits per heavy atom. The van der Waals surface area contributed by atoms with Gasteiger partial charge in [0.05, 0.1) is 34.1 Å². The second-order valence-corrected chi connectivity index (χ2v) is 12.1. The summed E-state index contributed by atoms with van der Waals surface area (Å²) in [7, 11) is 4.00. The van der Waals surface area contributed by atoms with Gasteiger partial charge in [-0.25, -0.2) is 14.4 Å². The fourth-order valence-electron chi connectivity index (χ4n) is 4.84. The first-order chi connectivity index (χ1) is 21.0. The monoisotopic (exact) mass is 591 g/mol. The summed E-state index contributed by atoms with van der Waals surface area (Å²) < 4.78 is 14.7. The second-order valence-electron chi connectivity index (χ2n) is 12.1. The van der Waals surface area contributed by atoms with Crippen molar-refractivity contribution < 1.29 is 9.18 Å². The number of aromatic nitrogens is 6. The molecule has 11 heteroatoms. The van der Waals surface area contributed by atoms with Gasteiger partial charge in [-0.3, -0.25) is 14.9 Å². The summed E-state index contributed by atoms with van der Waals surface area (Å²) in [5.74, 6) is 0.110. The highest BCUT2D eigenvalue weighted by molar-refractivity contribution is 5.97. The van der Waals surface area contributed by atoms with E-state index in [2.05, 4.69) is 35.7 Å². The molecule has 0 unspecified atom stereocenters. The molecule has 2 aromatic carbocycles. The molecule has 1 amide bonds. The zero-order valence-corrected chi connectivity index (χ0v) is 25.3. The van der Waals surface area contributed by atoms with E-state index >= 15 is 0 Å². The molecule has 6 rings (SSSR count). The fraction of sp³-hybridized carbons (Fsp3) is 0.242. The number of para-hydroxylation sites is 1. The first-order valence-electron chi connectivity index (χ1n) is 14.4. The molecule has 0 spiro atoms. The summed E-state index contributed by atoms with van der Waals surface area (Å²) in [6, 6.07) is 16.4. The zero-order valence-electron chi connectivity index (χ0n) is 25.3. The van der Waals surface area contributed by atoms with Gasteiger partial charge in [0.1, 0.15) is 11.3 Å². The Morgan fingerprint density at radius 3 is 2.55 bits per heavy atom. The molecular formula is C33H34FN9O. The largest absolute Gasteiger partial charge is 0.384 e. The van der Waals surface area contributed by atoms with Crippen LogP contribution in [0.1, 0.15) is 20.8 Å². The lowest BCUT2D eigenvalue weighted by atomic mass is 9.95. The number of benzene rings is 2. The van der Waals surface area contributed by atoms with Gasteiger partial charge in [0.25, 0.3) is 0 Å². The number of likely N-dealkylation sites (N-methyl/N-ethyl adjacent to an activating group) is 1. The zero-order chi connectivity index (χ0) is 31.0. The van der Waals surface area contributed by atoms with Gasteiger partial charge < -0.3 is 20.5 Å². The maximum atomic E-state index is 14.7. The van der Waals surface area contributed by atoms with Crippen molar-refractivity contribution in [3.8, 4) is 33.9 Å². The number of fused-ring (bicyclic) bond motifs is 2. The summed E-state index contributed by atoms with van der Waals surface area (Å²) in [4.78, 5) is 32.1. The Morgan fingerprint density at radius 2 is 1.75 bits per heavy atom. The van der Waals surface area contributed by atoms with E-state index in [1.54, 1.807) is 12.4 Å². The van der Waals surface area contributed by atoms with E-state index in [0.29, 0.717) is 46.2 Å². The molecule has 0 aliphatic carbocycles. The van der Waals surface area contributed by atoms with Crippen molar-refractivity contribution in [2.24, 2.45) is 5.41 Å². The number of aromatic amines is 2. The van der Waals surface area contributed by atoms with E-state index in [0.717, 1.165) is 34.3 Å². The van der Waals surface area contributed by atoms with Gasteiger partial charge in [0.2, 0.25) is 5.91 Å². The Balaban J connectivity index is 1.35. The molecule has 0 saturated carbocycles. The number of H-pyrrole nitrogens is 2. The molecule has 0 fully saturated rings. The van der Waals surface area contributed by atoms with E-state index in [1.807, 2.05) is 77.3 Å². The smallest absolute Gasteiger partial charge is 0.229 e. The third-order valence-electron chi connectivity index (χ3n) is 7.21. The minimum atomic E-state index is -0.537. The number of imidazole rings is 1. The molecule has 10 nitrogen and oxygen atoms in total. The van der Waals surface area contributed by atoms with Gasteiger partial charge in [-0.05, 0) is 62.1 Å². The molecule has 4 heterocycles. The molecule has 4 N–H and O–H groups in total. The Labute approximate surface area is 254 Å². The first-order valence-corrected chi connectivity index (χ1v) is 14.4. The number of hydrogen-bond acceptors (Lipinski definition) is 7. The van der Waals surface area contributed by atoms with Gasteiger partial charge in [0.15, 0.2) is 11.5 Å². The predicted molar refractivity (Wildman–Crippen MR) is 173 cm³/mol. The molecule has 0 radical (unpaired) electrons. The molecule has 0 atom stereocenters. The number of anilines is 2. The summed E-state index contributed by atoms with van der Waals surface area (Å²) in [6.45, 7) is 7.09. The van der Waals surface area contributed by atoms with Crippen LogP contribution in [-0.2, 0) is 4.79 Å². The van der Waals surface area contributed by atoms with Crippen molar-refractivity contribution >= 4 is 39.3 Å². The molecule has 0 aliphatic rings. The normalized spacial score (nSPS) is 11.9. The number of carbonyl (C=O) groups is 1. The van der Waals surface area contributed by atoms with Crippen LogP contribution in [0.15, 0.2) is 67.0 Å². The lowest BCUT2D eigenvalue weighted by molar-refractivity contribution is -0.123. The van der Waals surface area contributed by atoms with Crippen molar-refractivity contribution in [2.75, 3.05) is 37.8 Å². The molecule has 0 aliphatic heterocycles. The van der Waals surface area contributed by atoms with Crippen molar-refractivity contribution in [1.82, 2.24) is 35.0 Å². The van der Waals surface area contributed by atoms with Gasteiger partial charge in [-0.15, -0.1) is 0 Å². The number of hydrogen-bond donors (Lipinski definition) is 4. The van der Waals surface area contributed by atoms with Crippen LogP contribution in [0.4, 0.5) is 15.8 Å². The maximum absolute atomic E-state index is 14.7. The van der Waals surface area contributed by atoms with Crippen LogP contribution in [0.3, 0.4) is 0 Å². The number of amides is 1. The lowest BCUT2D eigenvalue weighted by Gasteiger charge is -2.17. The summed E-state index contributed by atoms with van der Waals surface area (Å²) in [6.07, 6.45) is 3.32. The average molecular weight is 592 g/mol. The van der Waals surface area contributed by atoms with Crippen molar-refractivity contribution in [3.05, 3.63) is 72.8 Å². The highest BCUT2D eigenvalue weighted by Crippen LogP contribution is 2.33. The van der Waals surface area contributed by atoms with Gasteiger partial charge in [0, 0.05) is 41.5 Å². The number of nitrogens with zero attached hydrogens (tertiary/aromatic N) is 5. The van der Waals surface area contributed by atoms with E-state index in [-0.39, 0.29) is 11.7 Å². The number of carbonyl (C=O) groups excluding carboxylic acids is 1. The minimum Gasteiger partial charge on any atom is -0.384 e. The quantitative estimate of drug-likeness (QED) is 0.163. The summed E-state index contributed by atoms with van der Waals surface area (Å²) in [5, 5.41) is 13.8. The van der Waals surface area contributed by atoms with Gasteiger partial charge in [-0.1, -0.05) is 32.9 Å². The van der Waals surface area contributed by atoms with Gasteiger partial charge >= 0.3 is 0 Å². The minimum absolute atomic E-state index is 0.101. The van der Waals surface area contributed by atoms with Crippen molar-refractivity contribution in [1.29, 1.82) is 0 Å². The number of pyridine rings is 2. The Hall–Kier alpha value is -5.16. The van der Waals surface area contributed by atoms with E-state index in [1.165, 1.54) is 12.1 Å². The lowest BCUT2D eigenvalue weighted by Crippen LogP contribution is -2.27. The standard InChI is InChI=1S/C33H34FN9O/c1-33(2,3)32(44)37-23-15-20(17-35-18-23)25-9-10-27-29(38-25)30(42-41-27)31-39-26-8-6-7-24(28(26)40-31)19-13-21(34)16-22(14-19)36-11-12-43(4)5/h6-10,13-18,36H,11-12H2,1-5H3,(H,37,44)(H,39,40)(H,41,42).